The summed E-state index contributed by atoms with van der Waals surface area (Å²) < 4.78 is 79.1. The maximum Gasteiger partial charge on any atom is 0.416 e. The van der Waals surface area contributed by atoms with Crippen LogP contribution in [0.1, 0.15) is 34.3 Å². The molecule has 0 bridgehead atoms. The van der Waals surface area contributed by atoms with Crippen molar-refractivity contribution in [1.82, 2.24) is 15.1 Å². The molecule has 0 aliphatic carbocycles. The Labute approximate surface area is 198 Å². The number of halogens is 6. The van der Waals surface area contributed by atoms with Gasteiger partial charge < -0.3 is 4.90 Å². The average molecular weight is 514 g/mol. The highest BCUT2D eigenvalue weighted by Crippen LogP contribution is 2.37. The van der Waals surface area contributed by atoms with Gasteiger partial charge in [-0.1, -0.05) is 41.7 Å². The van der Waals surface area contributed by atoms with Crippen LogP contribution >= 0.6 is 11.3 Å². The van der Waals surface area contributed by atoms with Crippen LogP contribution in [0.3, 0.4) is 0 Å². The predicted molar refractivity (Wildman–Crippen MR) is 114 cm³/mol. The third-order valence-corrected chi connectivity index (χ3v) is 6.21. The van der Waals surface area contributed by atoms with Crippen LogP contribution in [0.15, 0.2) is 48.5 Å². The maximum atomic E-state index is 13.2. The van der Waals surface area contributed by atoms with Crippen molar-refractivity contribution in [2.75, 3.05) is 11.9 Å². The fourth-order valence-electron chi connectivity index (χ4n) is 3.69. The van der Waals surface area contributed by atoms with Crippen molar-refractivity contribution >= 4 is 28.3 Å². The highest BCUT2D eigenvalue weighted by Gasteiger charge is 2.40. The zero-order chi connectivity index (χ0) is 25.4. The number of nitrogens with zero attached hydrogens (tertiary/aromatic N) is 3. The zero-order valence-electron chi connectivity index (χ0n) is 17.7. The molecular weight excluding hydrogens is 498 g/mol. The molecule has 4 rings (SSSR count). The molecule has 0 spiro atoms. The lowest BCUT2D eigenvalue weighted by molar-refractivity contribution is -0.143. The Morgan fingerprint density at radius 2 is 1.57 bits per heavy atom. The van der Waals surface area contributed by atoms with Crippen LogP contribution in [0.2, 0.25) is 0 Å². The van der Waals surface area contributed by atoms with Crippen molar-refractivity contribution < 1.29 is 35.9 Å². The van der Waals surface area contributed by atoms with E-state index in [0.717, 1.165) is 21.8 Å². The Bertz CT molecular complexity index is 1210. The summed E-state index contributed by atoms with van der Waals surface area (Å²) in [4.78, 5) is 26.8. The lowest BCUT2D eigenvalue weighted by Gasteiger charge is -2.24. The zero-order valence-corrected chi connectivity index (χ0v) is 18.5. The number of anilines is 1. The van der Waals surface area contributed by atoms with Gasteiger partial charge in [-0.3, -0.25) is 14.9 Å². The third-order valence-electron chi connectivity index (χ3n) is 5.33. The first-order valence-corrected chi connectivity index (χ1v) is 11.1. The van der Waals surface area contributed by atoms with Crippen molar-refractivity contribution in [3.8, 4) is 10.6 Å². The first kappa shape index (κ1) is 24.6. The van der Waals surface area contributed by atoms with Gasteiger partial charge in [0.25, 0.3) is 5.91 Å². The molecule has 1 fully saturated rings. The van der Waals surface area contributed by atoms with Gasteiger partial charge in [-0.15, -0.1) is 10.2 Å². The molecule has 1 unspecified atom stereocenters. The summed E-state index contributed by atoms with van der Waals surface area (Å²) in [6.07, 6.45) is -9.65. The molecule has 2 aromatic carbocycles. The highest BCUT2D eigenvalue weighted by molar-refractivity contribution is 7.18. The molecule has 2 heterocycles. The number of benzene rings is 2. The molecule has 2 amide bonds. The second kappa shape index (κ2) is 9.29. The summed E-state index contributed by atoms with van der Waals surface area (Å²) in [7, 11) is 0. The van der Waals surface area contributed by atoms with Crippen LogP contribution in [0.5, 0.6) is 0 Å². The van der Waals surface area contributed by atoms with E-state index >= 15 is 0 Å². The molecule has 13 heteroatoms. The van der Waals surface area contributed by atoms with E-state index in [1.807, 2.05) is 6.07 Å². The molecule has 1 aromatic heterocycles. The Kier molecular flexibility index (Phi) is 6.54. The van der Waals surface area contributed by atoms with Crippen molar-refractivity contribution in [3.63, 3.8) is 0 Å². The maximum absolute atomic E-state index is 13.2. The van der Waals surface area contributed by atoms with Crippen LogP contribution < -0.4 is 5.32 Å². The molecule has 6 nitrogen and oxygen atoms in total. The van der Waals surface area contributed by atoms with E-state index in [4.69, 9.17) is 0 Å². The quantitative estimate of drug-likeness (QED) is 0.468. The number of aromatic nitrogens is 2. The van der Waals surface area contributed by atoms with E-state index in [-0.39, 0.29) is 24.2 Å². The van der Waals surface area contributed by atoms with E-state index in [1.165, 1.54) is 0 Å². The van der Waals surface area contributed by atoms with Gasteiger partial charge in [-0.25, -0.2) is 0 Å². The van der Waals surface area contributed by atoms with E-state index < -0.39 is 46.9 Å². The number of amides is 2. The summed E-state index contributed by atoms with van der Waals surface area (Å²) in [6.45, 7) is -0.0000982. The van der Waals surface area contributed by atoms with E-state index in [9.17, 15) is 35.9 Å². The summed E-state index contributed by atoms with van der Waals surface area (Å²) in [5, 5.41) is 11.1. The fourth-order valence-corrected chi connectivity index (χ4v) is 4.44. The summed E-state index contributed by atoms with van der Waals surface area (Å²) in [5.41, 5.74) is -3.22. The number of carbonyl (C=O) groups excluding carboxylic acids is 2. The minimum atomic E-state index is -5.09. The number of alkyl halides is 6. The molecule has 1 atom stereocenters. The van der Waals surface area contributed by atoms with Crippen LogP contribution in [-0.2, 0) is 17.1 Å². The van der Waals surface area contributed by atoms with Crippen molar-refractivity contribution in [2.45, 2.75) is 31.2 Å². The molecule has 1 aliphatic heterocycles. The van der Waals surface area contributed by atoms with E-state index in [1.54, 1.807) is 24.3 Å². The van der Waals surface area contributed by atoms with Gasteiger partial charge in [-0.2, -0.15) is 26.3 Å². The smallest absolute Gasteiger partial charge is 0.327 e. The monoisotopic (exact) mass is 514 g/mol. The lowest BCUT2D eigenvalue weighted by atomic mass is 10.0. The van der Waals surface area contributed by atoms with Crippen molar-refractivity contribution in [3.05, 3.63) is 65.2 Å². The standard InChI is InChI=1S/C22H16F6N4O2S/c23-21(24,25)14-9-13(10-15(11-14)22(26,27)28)19(34)32-8-4-7-16(32)17(33)29-20-31-30-18(35-20)12-5-2-1-3-6-12/h1-3,5-6,9-11,16H,4,7-8H2,(H,29,31,33). The largest absolute Gasteiger partial charge is 0.416 e. The van der Waals surface area contributed by atoms with Crippen molar-refractivity contribution in [1.29, 1.82) is 0 Å². The molecule has 1 aliphatic rings. The first-order chi connectivity index (χ1) is 16.4. The lowest BCUT2D eigenvalue weighted by Crippen LogP contribution is -2.43. The number of hydrogen-bond donors (Lipinski definition) is 1. The van der Waals surface area contributed by atoms with Gasteiger partial charge >= 0.3 is 12.4 Å². The van der Waals surface area contributed by atoms with E-state index in [2.05, 4.69) is 15.5 Å². The van der Waals surface area contributed by atoms with Crippen LogP contribution in [-0.4, -0.2) is 39.5 Å². The van der Waals surface area contributed by atoms with Crippen LogP contribution in [0.25, 0.3) is 10.6 Å². The first-order valence-electron chi connectivity index (χ1n) is 10.2. The number of rotatable bonds is 4. The molecular formula is C22H16F6N4O2S. The Balaban J connectivity index is 1.55. The molecule has 3 aromatic rings. The van der Waals surface area contributed by atoms with Crippen molar-refractivity contribution in [2.24, 2.45) is 0 Å². The molecule has 1 N–H and O–H groups in total. The van der Waals surface area contributed by atoms with Gasteiger partial charge in [0.2, 0.25) is 11.0 Å². The molecule has 184 valence electrons. The van der Waals surface area contributed by atoms with Gasteiger partial charge in [-0.05, 0) is 31.0 Å². The summed E-state index contributed by atoms with van der Waals surface area (Å²) >= 11 is 1.08. The predicted octanol–water partition coefficient (Wildman–Crippen LogP) is 5.49. The minimum absolute atomic E-state index is 0.0000982. The van der Waals surface area contributed by atoms with Gasteiger partial charge in [0.15, 0.2) is 0 Å². The topological polar surface area (TPSA) is 75.2 Å². The Morgan fingerprint density at radius 1 is 0.943 bits per heavy atom. The summed E-state index contributed by atoms with van der Waals surface area (Å²) in [5.74, 6) is -1.75. The molecule has 0 saturated carbocycles. The van der Waals surface area contributed by atoms with Gasteiger partial charge in [0, 0.05) is 17.7 Å². The van der Waals surface area contributed by atoms with Gasteiger partial charge in [0.05, 0.1) is 11.1 Å². The van der Waals surface area contributed by atoms with Crippen LogP contribution in [0.4, 0.5) is 31.5 Å². The Hall–Kier alpha value is -3.48. The van der Waals surface area contributed by atoms with E-state index in [0.29, 0.717) is 23.6 Å². The number of likely N-dealkylation sites (tertiary alicyclic amines) is 1. The van der Waals surface area contributed by atoms with Crippen LogP contribution in [0, 0.1) is 0 Å². The average Bonchev–Trinajstić information content (AvgIpc) is 3.47. The molecule has 0 radical (unpaired) electrons. The summed E-state index contributed by atoms with van der Waals surface area (Å²) in [6, 6.07) is 8.61. The third kappa shape index (κ3) is 5.45. The second-order valence-electron chi connectivity index (χ2n) is 7.72. The molecule has 1 saturated heterocycles. The second-order valence-corrected chi connectivity index (χ2v) is 8.70. The minimum Gasteiger partial charge on any atom is -0.327 e. The highest BCUT2D eigenvalue weighted by atomic mass is 32.1. The number of nitrogens with one attached hydrogen (secondary N) is 1. The normalized spacial score (nSPS) is 16.4. The number of hydrogen-bond acceptors (Lipinski definition) is 5. The van der Waals surface area contributed by atoms with Gasteiger partial charge in [0.1, 0.15) is 11.0 Å². The Morgan fingerprint density at radius 3 is 2.17 bits per heavy atom. The SMILES string of the molecule is O=C(Nc1nnc(-c2ccccc2)s1)C1CCCN1C(=O)c1cc(C(F)(F)F)cc(C(F)(F)F)c1. The fraction of sp³-hybridized carbons (Fsp3) is 0.273. The number of carbonyl (C=O) groups is 2. The molecule has 35 heavy (non-hydrogen) atoms.